The monoisotopic (exact) mass is 365 g/mol. The van der Waals surface area contributed by atoms with Gasteiger partial charge < -0.3 is 10.1 Å². The Bertz CT molecular complexity index is 760. The van der Waals surface area contributed by atoms with Gasteiger partial charge in [0.05, 0.1) is 15.6 Å². The highest BCUT2D eigenvalue weighted by molar-refractivity contribution is 6.42. The highest BCUT2D eigenvalue weighted by Gasteiger charge is 2.13. The Balaban J connectivity index is 1.96. The van der Waals surface area contributed by atoms with Gasteiger partial charge >= 0.3 is 5.97 Å². The topological polar surface area (TPSA) is 55.4 Å². The summed E-state index contributed by atoms with van der Waals surface area (Å²) in [5, 5.41) is 3.35. The second-order valence-corrected chi connectivity index (χ2v) is 6.31. The van der Waals surface area contributed by atoms with Crippen LogP contribution in [-0.4, -0.2) is 18.5 Å². The zero-order chi connectivity index (χ0) is 17.7. The molecule has 0 aliphatic rings. The average molecular weight is 366 g/mol. The molecular formula is C18H17Cl2NO3. The molecule has 0 aromatic heterocycles. The zero-order valence-corrected chi connectivity index (χ0v) is 14.8. The molecule has 2 aromatic rings. The number of nitrogens with one attached hydrogen (secondary N) is 1. The van der Waals surface area contributed by atoms with Crippen LogP contribution in [0.1, 0.15) is 35.7 Å². The van der Waals surface area contributed by atoms with Gasteiger partial charge in [-0.2, -0.15) is 0 Å². The van der Waals surface area contributed by atoms with Crippen molar-refractivity contribution >= 4 is 40.8 Å². The van der Waals surface area contributed by atoms with Crippen molar-refractivity contribution in [3.8, 4) is 0 Å². The minimum Gasteiger partial charge on any atom is -0.452 e. The highest BCUT2D eigenvalue weighted by Crippen LogP contribution is 2.24. The molecule has 0 unspecified atom stereocenters. The summed E-state index contributed by atoms with van der Waals surface area (Å²) in [4.78, 5) is 23.9. The maximum atomic E-state index is 12.0. The van der Waals surface area contributed by atoms with Crippen LogP contribution in [0, 0.1) is 0 Å². The summed E-state index contributed by atoms with van der Waals surface area (Å²) in [5.41, 5.74) is 1.96. The Morgan fingerprint density at radius 2 is 1.79 bits per heavy atom. The third-order valence-electron chi connectivity index (χ3n) is 3.35. The fourth-order valence-corrected chi connectivity index (χ4v) is 2.44. The Morgan fingerprint density at radius 3 is 2.46 bits per heavy atom. The first-order valence-corrected chi connectivity index (χ1v) is 8.15. The van der Waals surface area contributed by atoms with Gasteiger partial charge in [-0.3, -0.25) is 4.79 Å². The SMILES string of the molecule is CC(C)c1ccccc1NC(=O)COC(=O)c1ccc(Cl)c(Cl)c1. The van der Waals surface area contributed by atoms with E-state index in [-0.39, 0.29) is 23.1 Å². The van der Waals surface area contributed by atoms with E-state index >= 15 is 0 Å². The predicted molar refractivity (Wildman–Crippen MR) is 95.9 cm³/mol. The van der Waals surface area contributed by atoms with Crippen molar-refractivity contribution < 1.29 is 14.3 Å². The van der Waals surface area contributed by atoms with Gasteiger partial charge in [-0.15, -0.1) is 0 Å². The molecule has 2 rings (SSSR count). The standard InChI is InChI=1S/C18H17Cl2NO3/c1-11(2)13-5-3-4-6-16(13)21-17(22)10-24-18(23)12-7-8-14(19)15(20)9-12/h3-9,11H,10H2,1-2H3,(H,21,22). The van der Waals surface area contributed by atoms with E-state index in [1.165, 1.54) is 18.2 Å². The summed E-state index contributed by atoms with van der Waals surface area (Å²) in [6.07, 6.45) is 0. The number of rotatable bonds is 5. The molecule has 0 atom stereocenters. The second-order valence-electron chi connectivity index (χ2n) is 5.50. The van der Waals surface area contributed by atoms with Gasteiger partial charge in [-0.25, -0.2) is 4.79 Å². The lowest BCUT2D eigenvalue weighted by atomic mass is 10.0. The van der Waals surface area contributed by atoms with Crippen molar-refractivity contribution in [1.29, 1.82) is 0 Å². The summed E-state index contributed by atoms with van der Waals surface area (Å²) < 4.78 is 5.00. The van der Waals surface area contributed by atoms with Gasteiger partial charge in [0.15, 0.2) is 6.61 Å². The molecule has 0 fully saturated rings. The summed E-state index contributed by atoms with van der Waals surface area (Å²) >= 11 is 11.7. The van der Waals surface area contributed by atoms with Crippen molar-refractivity contribution in [2.24, 2.45) is 0 Å². The largest absolute Gasteiger partial charge is 0.452 e. The van der Waals surface area contributed by atoms with E-state index in [4.69, 9.17) is 27.9 Å². The van der Waals surface area contributed by atoms with Gasteiger partial charge in [0.1, 0.15) is 0 Å². The maximum absolute atomic E-state index is 12.0. The van der Waals surface area contributed by atoms with Crippen LogP contribution in [0.2, 0.25) is 10.0 Å². The number of para-hydroxylation sites is 1. The minimum atomic E-state index is -0.638. The maximum Gasteiger partial charge on any atom is 0.338 e. The van der Waals surface area contributed by atoms with Gasteiger partial charge in [0.25, 0.3) is 5.91 Å². The third-order valence-corrected chi connectivity index (χ3v) is 4.09. The molecule has 0 bridgehead atoms. The van der Waals surface area contributed by atoms with Crippen molar-refractivity contribution in [3.63, 3.8) is 0 Å². The molecule has 4 nitrogen and oxygen atoms in total. The number of benzene rings is 2. The minimum absolute atomic E-state index is 0.236. The number of hydrogen-bond donors (Lipinski definition) is 1. The van der Waals surface area contributed by atoms with E-state index in [1.807, 2.05) is 38.1 Å². The first-order chi connectivity index (χ1) is 11.4. The van der Waals surface area contributed by atoms with Crippen LogP contribution in [-0.2, 0) is 9.53 Å². The quantitative estimate of drug-likeness (QED) is 0.765. The molecule has 0 spiro atoms. The summed E-state index contributed by atoms with van der Waals surface area (Å²) in [5.74, 6) is -0.780. The molecule has 0 aliphatic carbocycles. The summed E-state index contributed by atoms with van der Waals surface area (Å²) in [7, 11) is 0. The molecule has 126 valence electrons. The lowest BCUT2D eigenvalue weighted by Gasteiger charge is -2.13. The third kappa shape index (κ3) is 4.73. The number of amides is 1. The Labute approximate surface area is 150 Å². The highest BCUT2D eigenvalue weighted by atomic mass is 35.5. The second kappa shape index (κ2) is 8.18. The number of halogens is 2. The predicted octanol–water partition coefficient (Wildman–Crippen LogP) is 4.91. The van der Waals surface area contributed by atoms with Crippen LogP contribution in [0.3, 0.4) is 0 Å². The lowest BCUT2D eigenvalue weighted by molar-refractivity contribution is -0.119. The van der Waals surface area contributed by atoms with Gasteiger partial charge in [0.2, 0.25) is 0 Å². The molecule has 0 aliphatic heterocycles. The van der Waals surface area contributed by atoms with Crippen molar-refractivity contribution in [1.82, 2.24) is 0 Å². The van der Waals surface area contributed by atoms with E-state index in [0.29, 0.717) is 10.7 Å². The Morgan fingerprint density at radius 1 is 1.08 bits per heavy atom. The molecule has 6 heteroatoms. The number of ether oxygens (including phenoxy) is 1. The van der Waals surface area contributed by atoms with Gasteiger partial charge in [0, 0.05) is 5.69 Å². The van der Waals surface area contributed by atoms with E-state index in [1.54, 1.807) is 0 Å². The fourth-order valence-electron chi connectivity index (χ4n) is 2.14. The number of esters is 1. The van der Waals surface area contributed by atoms with Crippen LogP contribution in [0.5, 0.6) is 0 Å². The molecule has 2 aromatic carbocycles. The lowest BCUT2D eigenvalue weighted by Crippen LogP contribution is -2.21. The number of carbonyl (C=O) groups excluding carboxylic acids is 2. The van der Waals surface area contributed by atoms with Crippen LogP contribution >= 0.6 is 23.2 Å². The van der Waals surface area contributed by atoms with E-state index in [9.17, 15) is 9.59 Å². The van der Waals surface area contributed by atoms with Crippen LogP contribution < -0.4 is 5.32 Å². The van der Waals surface area contributed by atoms with Crippen molar-refractivity contribution in [2.75, 3.05) is 11.9 Å². The summed E-state index contributed by atoms with van der Waals surface area (Å²) in [6.45, 7) is 3.69. The van der Waals surface area contributed by atoms with E-state index in [0.717, 1.165) is 5.56 Å². The molecule has 0 saturated carbocycles. The molecule has 24 heavy (non-hydrogen) atoms. The van der Waals surface area contributed by atoms with Crippen LogP contribution in [0.25, 0.3) is 0 Å². The fraction of sp³-hybridized carbons (Fsp3) is 0.222. The smallest absolute Gasteiger partial charge is 0.338 e. The van der Waals surface area contributed by atoms with Crippen molar-refractivity contribution in [2.45, 2.75) is 19.8 Å². The molecule has 0 heterocycles. The number of carbonyl (C=O) groups is 2. The Hall–Kier alpha value is -2.04. The molecular weight excluding hydrogens is 349 g/mol. The van der Waals surface area contributed by atoms with Crippen LogP contribution in [0.4, 0.5) is 5.69 Å². The van der Waals surface area contributed by atoms with Crippen molar-refractivity contribution in [3.05, 3.63) is 63.6 Å². The van der Waals surface area contributed by atoms with Crippen LogP contribution in [0.15, 0.2) is 42.5 Å². The molecule has 0 saturated heterocycles. The van der Waals surface area contributed by atoms with Gasteiger partial charge in [-0.1, -0.05) is 55.2 Å². The van der Waals surface area contributed by atoms with Gasteiger partial charge in [-0.05, 0) is 35.7 Å². The Kier molecular flexibility index (Phi) is 6.23. The first-order valence-electron chi connectivity index (χ1n) is 7.39. The molecule has 0 radical (unpaired) electrons. The first kappa shape index (κ1) is 18.3. The molecule has 1 N–H and O–H groups in total. The molecule has 1 amide bonds. The normalized spacial score (nSPS) is 10.5. The zero-order valence-electron chi connectivity index (χ0n) is 13.3. The van der Waals surface area contributed by atoms with E-state index < -0.39 is 11.9 Å². The van der Waals surface area contributed by atoms with E-state index in [2.05, 4.69) is 5.32 Å². The number of anilines is 1. The average Bonchev–Trinajstić information content (AvgIpc) is 2.55. The number of hydrogen-bond acceptors (Lipinski definition) is 3. The summed E-state index contributed by atoms with van der Waals surface area (Å²) in [6, 6.07) is 11.9.